The van der Waals surface area contributed by atoms with Crippen molar-refractivity contribution in [3.05, 3.63) is 46.3 Å². The summed E-state index contributed by atoms with van der Waals surface area (Å²) in [5.41, 5.74) is 5.61. The zero-order chi connectivity index (χ0) is 20.4. The highest BCUT2D eigenvalue weighted by atomic mass is 16.2. The van der Waals surface area contributed by atoms with Gasteiger partial charge in [0, 0.05) is 62.6 Å². The van der Waals surface area contributed by atoms with Crippen LogP contribution >= 0.6 is 0 Å². The summed E-state index contributed by atoms with van der Waals surface area (Å²) in [7, 11) is 0. The van der Waals surface area contributed by atoms with E-state index >= 15 is 0 Å². The quantitative estimate of drug-likeness (QED) is 0.719. The molecule has 0 saturated carbocycles. The van der Waals surface area contributed by atoms with Gasteiger partial charge >= 0.3 is 0 Å². The van der Waals surface area contributed by atoms with E-state index in [1.807, 2.05) is 36.9 Å². The van der Waals surface area contributed by atoms with Crippen LogP contribution in [0.15, 0.2) is 18.2 Å². The fourth-order valence-corrected chi connectivity index (χ4v) is 4.05. The van der Waals surface area contributed by atoms with Crippen molar-refractivity contribution >= 4 is 17.5 Å². The lowest BCUT2D eigenvalue weighted by Gasteiger charge is -2.34. The lowest BCUT2D eigenvalue weighted by molar-refractivity contribution is -0.117. The SMILES string of the molecule is Cc1cccc(C)c1NC(=O)CN1CCN(C(=O)c2n[nH]c3c2CNCC3)CC1. The molecule has 0 unspecified atom stereocenters. The molecule has 1 fully saturated rings. The van der Waals surface area contributed by atoms with Crippen LogP contribution in [0.3, 0.4) is 0 Å². The molecule has 2 amide bonds. The molecule has 2 aliphatic heterocycles. The molecule has 8 heteroatoms. The number of rotatable bonds is 4. The zero-order valence-corrected chi connectivity index (χ0v) is 17.0. The van der Waals surface area contributed by atoms with Gasteiger partial charge in [0.1, 0.15) is 0 Å². The first kappa shape index (κ1) is 19.6. The Balaban J connectivity index is 1.31. The molecule has 1 saturated heterocycles. The second-order valence-corrected chi connectivity index (χ2v) is 7.84. The summed E-state index contributed by atoms with van der Waals surface area (Å²) in [6.45, 7) is 8.48. The number of H-pyrrole nitrogens is 1. The summed E-state index contributed by atoms with van der Waals surface area (Å²) in [5.74, 6) is -0.0412. The number of piperazine rings is 1. The van der Waals surface area contributed by atoms with Crippen LogP contribution in [-0.4, -0.2) is 71.1 Å². The van der Waals surface area contributed by atoms with Crippen LogP contribution in [0.5, 0.6) is 0 Å². The van der Waals surface area contributed by atoms with Gasteiger partial charge in [0.25, 0.3) is 5.91 Å². The molecule has 0 atom stereocenters. The van der Waals surface area contributed by atoms with Crippen LogP contribution < -0.4 is 10.6 Å². The first-order valence-corrected chi connectivity index (χ1v) is 10.2. The van der Waals surface area contributed by atoms with Crippen molar-refractivity contribution in [2.45, 2.75) is 26.8 Å². The largest absolute Gasteiger partial charge is 0.335 e. The molecule has 2 aliphatic rings. The van der Waals surface area contributed by atoms with Crippen LogP contribution in [-0.2, 0) is 17.8 Å². The lowest BCUT2D eigenvalue weighted by atomic mass is 10.1. The van der Waals surface area contributed by atoms with Crippen LogP contribution in [0, 0.1) is 13.8 Å². The first-order valence-electron chi connectivity index (χ1n) is 10.2. The van der Waals surface area contributed by atoms with E-state index in [9.17, 15) is 9.59 Å². The Hall–Kier alpha value is -2.71. The van der Waals surface area contributed by atoms with Gasteiger partial charge in [-0.3, -0.25) is 19.6 Å². The van der Waals surface area contributed by atoms with Crippen LogP contribution in [0.1, 0.15) is 32.9 Å². The maximum absolute atomic E-state index is 12.9. The highest BCUT2D eigenvalue weighted by molar-refractivity contribution is 5.95. The highest BCUT2D eigenvalue weighted by Gasteiger charge is 2.28. The van der Waals surface area contributed by atoms with E-state index in [2.05, 4.69) is 25.7 Å². The fraction of sp³-hybridized carbons (Fsp3) is 0.476. The van der Waals surface area contributed by atoms with Gasteiger partial charge in [-0.1, -0.05) is 18.2 Å². The standard InChI is InChI=1S/C21H28N6O2/c1-14-4-3-5-15(2)19(14)23-18(28)13-26-8-10-27(11-9-26)21(29)20-16-12-22-7-6-17(16)24-25-20/h3-5,22H,6-13H2,1-2H3,(H,23,28)(H,24,25). The minimum absolute atomic E-state index is 0.0189. The van der Waals surface area contributed by atoms with Gasteiger partial charge in [-0.15, -0.1) is 0 Å². The van der Waals surface area contributed by atoms with Gasteiger partial charge < -0.3 is 15.5 Å². The summed E-state index contributed by atoms with van der Waals surface area (Å²) in [6, 6.07) is 5.98. The molecule has 154 valence electrons. The normalized spacial score (nSPS) is 17.1. The minimum atomic E-state index is -0.0224. The van der Waals surface area contributed by atoms with E-state index in [0.29, 0.717) is 45.0 Å². The average molecular weight is 396 g/mol. The second-order valence-electron chi connectivity index (χ2n) is 7.84. The fourth-order valence-electron chi connectivity index (χ4n) is 4.05. The minimum Gasteiger partial charge on any atom is -0.335 e. The monoisotopic (exact) mass is 396 g/mol. The number of aryl methyl sites for hydroxylation is 2. The maximum Gasteiger partial charge on any atom is 0.274 e. The number of hydrogen-bond donors (Lipinski definition) is 3. The van der Waals surface area contributed by atoms with Crippen molar-refractivity contribution in [2.24, 2.45) is 0 Å². The molecule has 0 bridgehead atoms. The molecule has 0 radical (unpaired) electrons. The molecule has 4 rings (SSSR count). The van der Waals surface area contributed by atoms with Crippen molar-refractivity contribution in [1.29, 1.82) is 0 Å². The number of carbonyl (C=O) groups excluding carboxylic acids is 2. The van der Waals surface area contributed by atoms with Gasteiger partial charge in [0.2, 0.25) is 5.91 Å². The number of anilines is 1. The Labute approximate surface area is 170 Å². The Bertz CT molecular complexity index is 894. The van der Waals surface area contributed by atoms with Crippen molar-refractivity contribution in [2.75, 3.05) is 44.6 Å². The summed E-state index contributed by atoms with van der Waals surface area (Å²) >= 11 is 0. The van der Waals surface area contributed by atoms with Crippen molar-refractivity contribution in [3.63, 3.8) is 0 Å². The van der Waals surface area contributed by atoms with Gasteiger partial charge in [0.05, 0.1) is 6.54 Å². The van der Waals surface area contributed by atoms with E-state index in [-0.39, 0.29) is 11.8 Å². The molecule has 0 spiro atoms. The zero-order valence-electron chi connectivity index (χ0n) is 17.0. The number of fused-ring (bicyclic) bond motifs is 1. The number of carbonyl (C=O) groups is 2. The number of para-hydroxylation sites is 1. The number of aromatic amines is 1. The molecule has 0 aliphatic carbocycles. The van der Waals surface area contributed by atoms with Gasteiger partial charge in [-0.25, -0.2) is 0 Å². The molecule has 1 aromatic carbocycles. The van der Waals surface area contributed by atoms with Crippen molar-refractivity contribution < 1.29 is 9.59 Å². The average Bonchev–Trinajstić information content (AvgIpc) is 3.15. The number of nitrogens with one attached hydrogen (secondary N) is 3. The van der Waals surface area contributed by atoms with E-state index in [0.717, 1.165) is 41.0 Å². The van der Waals surface area contributed by atoms with Gasteiger partial charge in [0.15, 0.2) is 5.69 Å². The summed E-state index contributed by atoms with van der Waals surface area (Å²) in [4.78, 5) is 29.3. The molecule has 8 nitrogen and oxygen atoms in total. The van der Waals surface area contributed by atoms with Crippen molar-refractivity contribution in [1.82, 2.24) is 25.3 Å². The van der Waals surface area contributed by atoms with E-state index in [4.69, 9.17) is 0 Å². The second kappa shape index (κ2) is 8.34. The first-order chi connectivity index (χ1) is 14.0. The Kier molecular flexibility index (Phi) is 5.64. The van der Waals surface area contributed by atoms with Crippen molar-refractivity contribution in [3.8, 4) is 0 Å². The molecule has 29 heavy (non-hydrogen) atoms. The Morgan fingerprint density at radius 2 is 1.86 bits per heavy atom. The smallest absolute Gasteiger partial charge is 0.274 e. The Morgan fingerprint density at radius 1 is 1.14 bits per heavy atom. The summed E-state index contributed by atoms with van der Waals surface area (Å²) in [5, 5.41) is 13.6. The van der Waals surface area contributed by atoms with E-state index < -0.39 is 0 Å². The number of benzene rings is 1. The van der Waals surface area contributed by atoms with Gasteiger partial charge in [-0.2, -0.15) is 5.10 Å². The predicted molar refractivity (Wildman–Crippen MR) is 111 cm³/mol. The third kappa shape index (κ3) is 4.18. The molecule has 3 heterocycles. The molecule has 1 aromatic heterocycles. The predicted octanol–water partition coefficient (Wildman–Crippen LogP) is 1.07. The summed E-state index contributed by atoms with van der Waals surface area (Å²) < 4.78 is 0. The maximum atomic E-state index is 12.9. The molecule has 3 N–H and O–H groups in total. The van der Waals surface area contributed by atoms with Crippen LogP contribution in [0.4, 0.5) is 5.69 Å². The number of aromatic nitrogens is 2. The molecule has 2 aromatic rings. The van der Waals surface area contributed by atoms with Crippen LogP contribution in [0.25, 0.3) is 0 Å². The topological polar surface area (TPSA) is 93.4 Å². The van der Waals surface area contributed by atoms with Gasteiger partial charge in [-0.05, 0) is 25.0 Å². The summed E-state index contributed by atoms with van der Waals surface area (Å²) in [6.07, 6.45) is 0.874. The third-order valence-corrected chi connectivity index (χ3v) is 5.78. The third-order valence-electron chi connectivity index (χ3n) is 5.78. The van der Waals surface area contributed by atoms with Crippen LogP contribution in [0.2, 0.25) is 0 Å². The highest BCUT2D eigenvalue weighted by Crippen LogP contribution is 2.20. The number of nitrogens with zero attached hydrogens (tertiary/aromatic N) is 3. The molecular formula is C21H28N6O2. The lowest BCUT2D eigenvalue weighted by Crippen LogP contribution is -2.50. The Morgan fingerprint density at radius 3 is 2.59 bits per heavy atom. The molecular weight excluding hydrogens is 368 g/mol. The number of hydrogen-bond acceptors (Lipinski definition) is 5. The van der Waals surface area contributed by atoms with E-state index in [1.54, 1.807) is 0 Å². The number of amides is 2. The van der Waals surface area contributed by atoms with E-state index in [1.165, 1.54) is 0 Å².